The van der Waals surface area contributed by atoms with Gasteiger partial charge < -0.3 is 5.11 Å². The van der Waals surface area contributed by atoms with Crippen LogP contribution in [0, 0.1) is 0 Å². The zero-order chi connectivity index (χ0) is 14.3. The van der Waals surface area contributed by atoms with E-state index in [1.807, 2.05) is 6.07 Å². The number of hydrogen-bond donors (Lipinski definition) is 0. The third kappa shape index (κ3) is 2.36. The average Bonchev–Trinajstić information content (AvgIpc) is 3.21. The Balaban J connectivity index is 2.16. The molecule has 0 bridgehead atoms. The fraction of sp³-hybridized carbons (Fsp3) is 0.308. The highest BCUT2D eigenvalue weighted by atomic mass is 32.2. The molecule has 0 unspecified atom stereocenters. The van der Waals surface area contributed by atoms with Crippen molar-refractivity contribution in [2.24, 2.45) is 11.4 Å². The van der Waals surface area contributed by atoms with E-state index in [0.29, 0.717) is 23.7 Å². The summed E-state index contributed by atoms with van der Waals surface area (Å²) < 4.78 is 28.5. The number of sulfonamides is 1. The van der Waals surface area contributed by atoms with Gasteiger partial charge in [0.05, 0.1) is 10.8 Å². The fourth-order valence-electron chi connectivity index (χ4n) is 2.02. The van der Waals surface area contributed by atoms with Crippen molar-refractivity contribution in [2.45, 2.75) is 18.1 Å². The monoisotopic (exact) mass is 291 g/mol. The molecule has 104 valence electrons. The standard InChI is InChI=1S/C13H13N3O3S/c1-16-8-11(10-4-2-3-5-12(10)14-16)13(17)15-20(18,19)9-6-7-9/h2-5,8-9H,6-7H2,1H3. The van der Waals surface area contributed by atoms with Crippen molar-refractivity contribution >= 4 is 26.8 Å². The van der Waals surface area contributed by atoms with E-state index in [2.05, 4.69) is 9.50 Å². The average molecular weight is 291 g/mol. The van der Waals surface area contributed by atoms with Crippen LogP contribution in [0.1, 0.15) is 18.4 Å². The highest BCUT2D eigenvalue weighted by molar-refractivity contribution is 7.91. The number of nitrogens with zero attached hydrogens (tertiary/aromatic N) is 3. The van der Waals surface area contributed by atoms with E-state index in [1.54, 1.807) is 25.2 Å². The summed E-state index contributed by atoms with van der Waals surface area (Å²) >= 11 is 0. The first kappa shape index (κ1) is 13.0. The molecule has 0 atom stereocenters. The van der Waals surface area contributed by atoms with Gasteiger partial charge in [0.1, 0.15) is 5.52 Å². The van der Waals surface area contributed by atoms with E-state index in [1.165, 1.54) is 10.9 Å². The predicted octanol–water partition coefficient (Wildman–Crippen LogP) is -0.342. The van der Waals surface area contributed by atoms with Crippen LogP contribution in [0.5, 0.6) is 0 Å². The van der Waals surface area contributed by atoms with Crippen molar-refractivity contribution in [1.29, 1.82) is 0 Å². The lowest BCUT2D eigenvalue weighted by Gasteiger charge is -2.11. The van der Waals surface area contributed by atoms with E-state index < -0.39 is 21.2 Å². The Bertz CT molecular complexity index is 811. The van der Waals surface area contributed by atoms with Gasteiger partial charge in [-0.3, -0.25) is 0 Å². The predicted molar refractivity (Wildman–Crippen MR) is 71.4 cm³/mol. The fourth-order valence-corrected chi connectivity index (χ4v) is 3.23. The van der Waals surface area contributed by atoms with E-state index in [0.717, 1.165) is 0 Å². The molecule has 6 nitrogen and oxygen atoms in total. The number of aryl methyl sites for hydroxylation is 1. The molecule has 1 aromatic carbocycles. The van der Waals surface area contributed by atoms with Gasteiger partial charge in [0.2, 0.25) is 6.20 Å². The lowest BCUT2D eigenvalue weighted by molar-refractivity contribution is -0.728. The second kappa shape index (κ2) is 4.52. The number of fused-ring (bicyclic) bond motifs is 1. The van der Waals surface area contributed by atoms with Crippen LogP contribution in [0.3, 0.4) is 0 Å². The Hall–Kier alpha value is -2.02. The third-order valence-electron chi connectivity index (χ3n) is 3.16. The maximum absolute atomic E-state index is 12.2. The molecule has 0 spiro atoms. The molecule has 1 aromatic heterocycles. The molecule has 1 heterocycles. The molecule has 2 aromatic rings. The molecular weight excluding hydrogens is 278 g/mol. The van der Waals surface area contributed by atoms with Gasteiger partial charge in [0.15, 0.2) is 7.05 Å². The number of aromatic nitrogens is 2. The molecule has 7 heteroatoms. The van der Waals surface area contributed by atoms with E-state index in [-0.39, 0.29) is 5.56 Å². The summed E-state index contributed by atoms with van der Waals surface area (Å²) in [6, 6.07) is 7.08. The minimum Gasteiger partial charge on any atom is -0.857 e. The van der Waals surface area contributed by atoms with E-state index in [9.17, 15) is 13.5 Å². The van der Waals surface area contributed by atoms with Crippen LogP contribution in [-0.2, 0) is 17.1 Å². The van der Waals surface area contributed by atoms with Crippen molar-refractivity contribution in [1.82, 2.24) is 5.10 Å². The second-order valence-corrected chi connectivity index (χ2v) is 6.72. The maximum atomic E-state index is 12.2. The molecule has 1 fully saturated rings. The molecule has 20 heavy (non-hydrogen) atoms. The largest absolute Gasteiger partial charge is 0.857 e. The van der Waals surface area contributed by atoms with Crippen LogP contribution in [0.4, 0.5) is 0 Å². The number of benzene rings is 1. The van der Waals surface area contributed by atoms with Gasteiger partial charge in [-0.1, -0.05) is 22.9 Å². The Morgan fingerprint density at radius 2 is 2.10 bits per heavy atom. The van der Waals surface area contributed by atoms with Crippen molar-refractivity contribution in [2.75, 3.05) is 0 Å². The van der Waals surface area contributed by atoms with Crippen LogP contribution in [0.2, 0.25) is 0 Å². The van der Waals surface area contributed by atoms with Crippen LogP contribution in [0.15, 0.2) is 34.9 Å². The molecule has 0 saturated heterocycles. The van der Waals surface area contributed by atoms with Gasteiger partial charge in [-0.15, -0.1) is 0 Å². The zero-order valence-electron chi connectivity index (χ0n) is 10.9. The van der Waals surface area contributed by atoms with Gasteiger partial charge in [-0.05, 0) is 24.0 Å². The molecule has 1 saturated carbocycles. The van der Waals surface area contributed by atoms with Gasteiger partial charge >= 0.3 is 0 Å². The van der Waals surface area contributed by atoms with Gasteiger partial charge in [-0.25, -0.2) is 8.42 Å². The summed E-state index contributed by atoms with van der Waals surface area (Å²) in [5.41, 5.74) is 0.877. The van der Waals surface area contributed by atoms with Crippen LogP contribution in [-0.4, -0.2) is 24.7 Å². The van der Waals surface area contributed by atoms with Gasteiger partial charge in [0, 0.05) is 11.3 Å². The first-order chi connectivity index (χ1) is 9.47. The topological polar surface area (TPSA) is 86.3 Å². The highest BCUT2D eigenvalue weighted by Gasteiger charge is 2.35. The molecule has 0 N–H and O–H groups in total. The first-order valence-corrected chi connectivity index (χ1v) is 7.74. The molecule has 1 aliphatic rings. The minimum absolute atomic E-state index is 0.252. The molecule has 3 rings (SSSR count). The Kier molecular flexibility index (Phi) is 2.93. The zero-order valence-corrected chi connectivity index (χ0v) is 11.7. The van der Waals surface area contributed by atoms with E-state index in [4.69, 9.17) is 0 Å². The molecule has 0 amide bonds. The van der Waals surface area contributed by atoms with Crippen molar-refractivity contribution in [3.05, 3.63) is 36.0 Å². The van der Waals surface area contributed by atoms with E-state index >= 15 is 0 Å². The number of rotatable bonds is 3. The Morgan fingerprint density at radius 3 is 2.80 bits per heavy atom. The smallest absolute Gasteiger partial charge is 0.255 e. The van der Waals surface area contributed by atoms with Gasteiger partial charge in [-0.2, -0.15) is 4.40 Å². The lowest BCUT2D eigenvalue weighted by Crippen LogP contribution is -2.35. The SMILES string of the molecule is C[n+]1cc(/C([O-])=N/S(=O)(=O)C2CC2)c2ccccc2n1. The first-order valence-electron chi connectivity index (χ1n) is 6.24. The number of hydrogen-bond acceptors (Lipinski definition) is 4. The third-order valence-corrected chi connectivity index (χ3v) is 4.90. The summed E-state index contributed by atoms with van der Waals surface area (Å²) in [6.45, 7) is 0. The van der Waals surface area contributed by atoms with Crippen molar-refractivity contribution in [3.8, 4) is 0 Å². The Morgan fingerprint density at radius 1 is 1.40 bits per heavy atom. The van der Waals surface area contributed by atoms with Gasteiger partial charge in [0.25, 0.3) is 10.0 Å². The second-order valence-electron chi connectivity index (χ2n) is 4.84. The molecule has 1 aliphatic carbocycles. The minimum atomic E-state index is -3.67. The van der Waals surface area contributed by atoms with Crippen molar-refractivity contribution in [3.63, 3.8) is 0 Å². The van der Waals surface area contributed by atoms with Crippen molar-refractivity contribution < 1.29 is 18.2 Å². The van der Waals surface area contributed by atoms with Crippen LogP contribution >= 0.6 is 0 Å². The molecule has 0 aliphatic heterocycles. The van der Waals surface area contributed by atoms with Crippen LogP contribution < -0.4 is 9.79 Å². The lowest BCUT2D eigenvalue weighted by atomic mass is 10.1. The quantitative estimate of drug-likeness (QED) is 0.440. The normalized spacial score (nSPS) is 16.6. The summed E-state index contributed by atoms with van der Waals surface area (Å²) in [5.74, 6) is -0.730. The van der Waals surface area contributed by atoms with Crippen LogP contribution in [0.25, 0.3) is 10.9 Å². The summed E-state index contributed by atoms with van der Waals surface area (Å²) in [7, 11) is -1.99. The molecular formula is C13H13N3O3S. The summed E-state index contributed by atoms with van der Waals surface area (Å²) in [4.78, 5) is 0. The Labute approximate surface area is 116 Å². The maximum Gasteiger partial charge on any atom is 0.255 e. The highest BCUT2D eigenvalue weighted by Crippen LogP contribution is 2.29. The summed E-state index contributed by atoms with van der Waals surface area (Å²) in [5, 5.41) is 16.5. The molecule has 0 radical (unpaired) electrons. The summed E-state index contributed by atoms with van der Waals surface area (Å²) in [6.07, 6.45) is 2.67.